The molecule has 28 heavy (non-hydrogen) atoms. The van der Waals surface area contributed by atoms with E-state index in [1.807, 2.05) is 30.3 Å². The molecule has 0 saturated carbocycles. The minimum Gasteiger partial charge on any atom is -0.392 e. The first-order valence-electron chi connectivity index (χ1n) is 8.24. The molecule has 144 valence electrons. The van der Waals surface area contributed by atoms with Crippen molar-refractivity contribution in [2.75, 3.05) is 5.43 Å². The van der Waals surface area contributed by atoms with Gasteiger partial charge in [-0.15, -0.1) is 11.3 Å². The lowest BCUT2D eigenvalue weighted by Gasteiger charge is -2.06. The first kappa shape index (κ1) is 19.8. The minimum absolute atomic E-state index is 0.0113. The van der Waals surface area contributed by atoms with E-state index in [1.54, 1.807) is 17.7 Å². The van der Waals surface area contributed by atoms with Gasteiger partial charge in [-0.3, -0.25) is 5.43 Å². The zero-order valence-electron chi connectivity index (χ0n) is 14.5. The average Bonchev–Trinajstić information content (AvgIpc) is 3.16. The normalized spacial score (nSPS) is 12.1. The summed E-state index contributed by atoms with van der Waals surface area (Å²) in [4.78, 5) is 4.31. The molecule has 0 unspecified atom stereocenters. The molecule has 0 radical (unpaired) electrons. The lowest BCUT2D eigenvalue weighted by Crippen LogP contribution is -2.03. The van der Waals surface area contributed by atoms with Crippen LogP contribution in [0.1, 0.15) is 16.7 Å². The summed E-state index contributed by atoms with van der Waals surface area (Å²) < 4.78 is 37.9. The molecule has 4 nitrogen and oxygen atoms in total. The second kappa shape index (κ2) is 8.81. The van der Waals surface area contributed by atoms with Gasteiger partial charge in [0.25, 0.3) is 0 Å². The predicted molar refractivity (Wildman–Crippen MR) is 106 cm³/mol. The van der Waals surface area contributed by atoms with Gasteiger partial charge in [-0.05, 0) is 35.4 Å². The van der Waals surface area contributed by atoms with E-state index in [2.05, 4.69) is 15.5 Å². The maximum Gasteiger partial charge on any atom is 0.416 e. The number of aliphatic hydroxyl groups excluding tert-OH is 1. The number of anilines is 1. The van der Waals surface area contributed by atoms with Gasteiger partial charge in [-0.25, -0.2) is 4.98 Å². The van der Waals surface area contributed by atoms with Gasteiger partial charge in [0.15, 0.2) is 0 Å². The zero-order chi connectivity index (χ0) is 20.0. The van der Waals surface area contributed by atoms with Crippen molar-refractivity contribution in [3.8, 4) is 11.3 Å². The molecule has 0 spiro atoms. The fourth-order valence-electron chi connectivity index (χ4n) is 2.37. The number of allylic oxidation sites excluding steroid dienone is 1. The molecule has 0 aliphatic carbocycles. The number of hydrazone groups is 1. The number of alkyl halides is 3. The van der Waals surface area contributed by atoms with Crippen molar-refractivity contribution in [1.29, 1.82) is 0 Å². The van der Waals surface area contributed by atoms with Crippen molar-refractivity contribution in [1.82, 2.24) is 4.98 Å². The van der Waals surface area contributed by atoms with Crippen molar-refractivity contribution >= 4 is 28.8 Å². The molecule has 1 heterocycles. The number of aromatic nitrogens is 1. The molecule has 0 aliphatic heterocycles. The van der Waals surface area contributed by atoms with Crippen LogP contribution in [0.5, 0.6) is 0 Å². The van der Waals surface area contributed by atoms with Crippen molar-refractivity contribution in [3.63, 3.8) is 0 Å². The Balaban J connectivity index is 1.58. The molecule has 2 N–H and O–H groups in total. The van der Waals surface area contributed by atoms with Gasteiger partial charge in [0, 0.05) is 17.2 Å². The molecule has 0 bridgehead atoms. The van der Waals surface area contributed by atoms with Crippen LogP contribution in [0.4, 0.5) is 18.3 Å². The van der Waals surface area contributed by atoms with E-state index in [1.165, 1.54) is 23.5 Å². The van der Waals surface area contributed by atoms with Crippen molar-refractivity contribution in [2.45, 2.75) is 12.8 Å². The lowest BCUT2D eigenvalue weighted by atomic mass is 10.1. The van der Waals surface area contributed by atoms with E-state index in [9.17, 15) is 13.2 Å². The SMILES string of the molecule is OCc1cccc(/C=C/C=NNc2nc(-c3ccc(C(F)(F)F)cc3)cs2)c1. The second-order valence-corrected chi connectivity index (χ2v) is 6.62. The third-order valence-corrected chi connectivity index (χ3v) is 4.50. The molecule has 1 aromatic heterocycles. The van der Waals surface area contributed by atoms with Crippen LogP contribution < -0.4 is 5.43 Å². The Bertz CT molecular complexity index is 979. The number of nitrogens with one attached hydrogen (secondary N) is 1. The fraction of sp³-hybridized carbons (Fsp3) is 0.100. The number of benzene rings is 2. The molecule has 3 rings (SSSR count). The van der Waals surface area contributed by atoms with Crippen LogP contribution in [0.15, 0.2) is 65.1 Å². The molecule has 8 heteroatoms. The van der Waals surface area contributed by atoms with Crippen molar-refractivity contribution in [2.24, 2.45) is 5.10 Å². The van der Waals surface area contributed by atoms with E-state index in [0.29, 0.717) is 16.4 Å². The van der Waals surface area contributed by atoms with Crippen molar-refractivity contribution in [3.05, 3.63) is 76.7 Å². The first-order chi connectivity index (χ1) is 13.5. The number of nitrogens with zero attached hydrogens (tertiary/aromatic N) is 2. The van der Waals surface area contributed by atoms with Gasteiger partial charge in [0.1, 0.15) is 0 Å². The highest BCUT2D eigenvalue weighted by Gasteiger charge is 2.30. The van der Waals surface area contributed by atoms with Gasteiger partial charge in [0.05, 0.1) is 17.9 Å². The van der Waals surface area contributed by atoms with Crippen LogP contribution in [-0.4, -0.2) is 16.3 Å². The van der Waals surface area contributed by atoms with Crippen LogP contribution in [0.2, 0.25) is 0 Å². The van der Waals surface area contributed by atoms with E-state index in [0.717, 1.165) is 23.3 Å². The van der Waals surface area contributed by atoms with Crippen LogP contribution in [-0.2, 0) is 12.8 Å². The monoisotopic (exact) mass is 403 g/mol. The number of halogens is 3. The van der Waals surface area contributed by atoms with E-state index in [-0.39, 0.29) is 6.61 Å². The molecule has 0 fully saturated rings. The number of rotatable bonds is 6. The van der Waals surface area contributed by atoms with Gasteiger partial charge in [0.2, 0.25) is 5.13 Å². The Morgan fingerprint density at radius 1 is 1.14 bits per heavy atom. The summed E-state index contributed by atoms with van der Waals surface area (Å²) in [5.74, 6) is 0. The highest BCUT2D eigenvalue weighted by molar-refractivity contribution is 7.14. The summed E-state index contributed by atoms with van der Waals surface area (Å²) in [5.41, 5.74) is 5.05. The predicted octanol–water partition coefficient (Wildman–Crippen LogP) is 5.43. The molecule has 0 amide bonds. The Labute approximate surface area is 163 Å². The van der Waals surface area contributed by atoms with E-state index >= 15 is 0 Å². The minimum atomic E-state index is -4.35. The van der Waals surface area contributed by atoms with Gasteiger partial charge in [-0.1, -0.05) is 36.4 Å². The number of hydrogen-bond acceptors (Lipinski definition) is 5. The zero-order valence-corrected chi connectivity index (χ0v) is 15.3. The molecular formula is C20H16F3N3OS. The Hall–Kier alpha value is -2.97. The Morgan fingerprint density at radius 3 is 2.64 bits per heavy atom. The molecule has 0 saturated heterocycles. The molecule has 3 aromatic rings. The summed E-state index contributed by atoms with van der Waals surface area (Å²) in [6.07, 6.45) is 0.799. The summed E-state index contributed by atoms with van der Waals surface area (Å²) in [7, 11) is 0. The summed E-state index contributed by atoms with van der Waals surface area (Å²) >= 11 is 1.30. The summed E-state index contributed by atoms with van der Waals surface area (Å²) in [5, 5.41) is 15.4. The van der Waals surface area contributed by atoms with Gasteiger partial charge < -0.3 is 5.11 Å². The van der Waals surface area contributed by atoms with Crippen LogP contribution in [0, 0.1) is 0 Å². The highest BCUT2D eigenvalue weighted by atomic mass is 32.1. The molecular weight excluding hydrogens is 387 g/mol. The maximum atomic E-state index is 12.6. The fourth-order valence-corrected chi connectivity index (χ4v) is 3.04. The third kappa shape index (κ3) is 5.28. The number of aliphatic hydroxyl groups is 1. The second-order valence-electron chi connectivity index (χ2n) is 5.77. The standard InChI is InChI=1S/C20H16F3N3OS/c21-20(22,23)17-8-6-16(7-9-17)18-13-28-19(25-18)26-24-10-2-5-14-3-1-4-15(11-14)12-27/h1-11,13,27H,12H2,(H,25,26)/b5-2+,24-10?. The summed E-state index contributed by atoms with van der Waals surface area (Å²) in [6.45, 7) is -0.0113. The third-order valence-electron chi connectivity index (χ3n) is 3.76. The van der Waals surface area contributed by atoms with E-state index in [4.69, 9.17) is 5.11 Å². The molecule has 0 atom stereocenters. The van der Waals surface area contributed by atoms with Crippen LogP contribution in [0.3, 0.4) is 0 Å². The highest BCUT2D eigenvalue weighted by Crippen LogP contribution is 2.31. The largest absolute Gasteiger partial charge is 0.416 e. The van der Waals surface area contributed by atoms with E-state index < -0.39 is 11.7 Å². The number of hydrogen-bond donors (Lipinski definition) is 2. The van der Waals surface area contributed by atoms with Crippen LogP contribution >= 0.6 is 11.3 Å². The quantitative estimate of drug-likeness (QED) is 0.426. The van der Waals surface area contributed by atoms with Crippen LogP contribution in [0.25, 0.3) is 17.3 Å². The van der Waals surface area contributed by atoms with Gasteiger partial charge >= 0.3 is 6.18 Å². The van der Waals surface area contributed by atoms with Crippen molar-refractivity contribution < 1.29 is 18.3 Å². The first-order valence-corrected chi connectivity index (χ1v) is 9.12. The number of thiazole rings is 1. The molecule has 0 aliphatic rings. The average molecular weight is 403 g/mol. The topological polar surface area (TPSA) is 57.5 Å². The smallest absolute Gasteiger partial charge is 0.392 e. The van der Waals surface area contributed by atoms with Gasteiger partial charge in [-0.2, -0.15) is 18.3 Å². The Morgan fingerprint density at radius 2 is 1.93 bits per heavy atom. The molecule has 2 aromatic carbocycles. The Kier molecular flexibility index (Phi) is 6.23. The summed E-state index contributed by atoms with van der Waals surface area (Å²) in [6, 6.07) is 12.3. The maximum absolute atomic E-state index is 12.6. The lowest BCUT2D eigenvalue weighted by molar-refractivity contribution is -0.137.